The molecule has 0 atom stereocenters. The van der Waals surface area contributed by atoms with Crippen molar-refractivity contribution in [3.63, 3.8) is 0 Å². The molecule has 126 valence electrons. The molecule has 1 heterocycles. The lowest BCUT2D eigenvalue weighted by Gasteiger charge is -2.06. The van der Waals surface area contributed by atoms with Crippen molar-refractivity contribution < 1.29 is 9.66 Å². The van der Waals surface area contributed by atoms with Gasteiger partial charge in [-0.2, -0.15) is 0 Å². The van der Waals surface area contributed by atoms with Crippen molar-refractivity contribution in [2.45, 2.75) is 6.92 Å². The van der Waals surface area contributed by atoms with Gasteiger partial charge in [0.1, 0.15) is 5.75 Å². The van der Waals surface area contributed by atoms with Crippen LogP contribution in [0.3, 0.4) is 0 Å². The van der Waals surface area contributed by atoms with Gasteiger partial charge < -0.3 is 9.30 Å². The van der Waals surface area contributed by atoms with Crippen molar-refractivity contribution in [3.05, 3.63) is 82.2 Å². The zero-order valence-corrected chi connectivity index (χ0v) is 13.9. The molecule has 0 unspecified atom stereocenters. The first-order chi connectivity index (χ1) is 12.1. The van der Waals surface area contributed by atoms with Gasteiger partial charge in [0.05, 0.1) is 17.7 Å². The van der Waals surface area contributed by atoms with Gasteiger partial charge in [-0.25, -0.2) is 0 Å². The average Bonchev–Trinajstić information content (AvgIpc) is 3.01. The van der Waals surface area contributed by atoms with Crippen molar-refractivity contribution in [1.82, 2.24) is 4.57 Å². The molecule has 0 saturated carbocycles. The number of aromatic nitrogens is 1. The summed E-state index contributed by atoms with van der Waals surface area (Å²) in [5, 5.41) is 10.7. The van der Waals surface area contributed by atoms with E-state index in [9.17, 15) is 10.1 Å². The monoisotopic (exact) mass is 335 g/mol. The van der Waals surface area contributed by atoms with Gasteiger partial charge in [0.25, 0.3) is 5.69 Å². The number of non-ortho nitro benzene ring substituents is 1. The topological polar surface area (TPSA) is 69.7 Å². The normalized spacial score (nSPS) is 11.0. The van der Waals surface area contributed by atoms with E-state index in [1.807, 2.05) is 43.5 Å². The summed E-state index contributed by atoms with van der Waals surface area (Å²) in [6, 6.07) is 16.0. The Balaban J connectivity index is 1.80. The fourth-order valence-electron chi connectivity index (χ4n) is 2.50. The lowest BCUT2D eigenvalue weighted by Crippen LogP contribution is -1.94. The van der Waals surface area contributed by atoms with E-state index >= 15 is 0 Å². The first-order valence-electron chi connectivity index (χ1n) is 7.69. The lowest BCUT2D eigenvalue weighted by atomic mass is 10.3. The van der Waals surface area contributed by atoms with Crippen LogP contribution in [0.25, 0.3) is 5.69 Å². The van der Waals surface area contributed by atoms with E-state index in [0.717, 1.165) is 22.7 Å². The summed E-state index contributed by atoms with van der Waals surface area (Å²) in [7, 11) is 1.64. The third-order valence-corrected chi connectivity index (χ3v) is 3.81. The van der Waals surface area contributed by atoms with Gasteiger partial charge in [-0.15, -0.1) is 0 Å². The molecule has 0 fully saturated rings. The summed E-state index contributed by atoms with van der Waals surface area (Å²) < 4.78 is 7.24. The molecule has 0 radical (unpaired) electrons. The molecule has 0 aliphatic carbocycles. The standard InChI is InChI=1S/C19H17N3O3/c1-14-11-15(12-20-16-3-5-18(6-4-16)22(23)24)13-21(14)17-7-9-19(25-2)10-8-17/h3-13H,1-2H3. The molecular formula is C19H17N3O3. The second kappa shape index (κ2) is 7.00. The number of benzene rings is 2. The van der Waals surface area contributed by atoms with Crippen molar-refractivity contribution in [2.24, 2.45) is 4.99 Å². The quantitative estimate of drug-likeness (QED) is 0.393. The van der Waals surface area contributed by atoms with Gasteiger partial charge in [0.15, 0.2) is 0 Å². The first-order valence-corrected chi connectivity index (χ1v) is 7.69. The third-order valence-electron chi connectivity index (χ3n) is 3.81. The summed E-state index contributed by atoms with van der Waals surface area (Å²) in [6.07, 6.45) is 3.74. The fraction of sp³-hybridized carbons (Fsp3) is 0.105. The van der Waals surface area contributed by atoms with Crippen molar-refractivity contribution >= 4 is 17.6 Å². The Kier molecular flexibility index (Phi) is 4.61. The second-order valence-corrected chi connectivity index (χ2v) is 5.51. The van der Waals surface area contributed by atoms with Crippen LogP contribution >= 0.6 is 0 Å². The molecule has 0 aliphatic heterocycles. The van der Waals surface area contributed by atoms with E-state index in [-0.39, 0.29) is 5.69 Å². The molecule has 3 rings (SSSR count). The number of ether oxygens (including phenoxy) is 1. The van der Waals surface area contributed by atoms with Crippen molar-refractivity contribution in [3.8, 4) is 11.4 Å². The number of nitro benzene ring substituents is 1. The first kappa shape index (κ1) is 16.4. The molecule has 0 amide bonds. The van der Waals surface area contributed by atoms with Crippen LogP contribution in [0.5, 0.6) is 5.75 Å². The molecule has 1 aromatic heterocycles. The summed E-state index contributed by atoms with van der Waals surface area (Å²) in [4.78, 5) is 14.6. The molecule has 0 saturated heterocycles. The third kappa shape index (κ3) is 3.74. The lowest BCUT2D eigenvalue weighted by molar-refractivity contribution is -0.384. The van der Waals surface area contributed by atoms with Gasteiger partial charge in [0.2, 0.25) is 0 Å². The number of nitrogens with zero attached hydrogens (tertiary/aromatic N) is 3. The number of rotatable bonds is 5. The van der Waals surface area contributed by atoms with E-state index in [2.05, 4.69) is 9.56 Å². The number of nitro groups is 1. The van der Waals surface area contributed by atoms with Crippen molar-refractivity contribution in [2.75, 3.05) is 7.11 Å². The maximum atomic E-state index is 10.7. The maximum Gasteiger partial charge on any atom is 0.269 e. The maximum absolute atomic E-state index is 10.7. The summed E-state index contributed by atoms with van der Waals surface area (Å²) in [5.41, 5.74) is 3.79. The molecule has 6 nitrogen and oxygen atoms in total. The molecule has 0 N–H and O–H groups in total. The Morgan fingerprint density at radius 3 is 2.40 bits per heavy atom. The zero-order valence-electron chi connectivity index (χ0n) is 13.9. The zero-order chi connectivity index (χ0) is 17.8. The Bertz CT molecular complexity index is 910. The van der Waals surface area contributed by atoms with Crippen LogP contribution in [0.2, 0.25) is 0 Å². The van der Waals surface area contributed by atoms with Gasteiger partial charge in [-0.3, -0.25) is 15.1 Å². The number of aliphatic imine (C=N–C) groups is 1. The van der Waals surface area contributed by atoms with Crippen LogP contribution in [0.1, 0.15) is 11.3 Å². The second-order valence-electron chi connectivity index (χ2n) is 5.51. The smallest absolute Gasteiger partial charge is 0.269 e. The van der Waals surface area contributed by atoms with Gasteiger partial charge in [-0.1, -0.05) is 0 Å². The Labute approximate surface area is 145 Å². The number of hydrogen-bond donors (Lipinski definition) is 0. The Hall–Kier alpha value is -3.41. The number of hydrogen-bond acceptors (Lipinski definition) is 4. The summed E-state index contributed by atoms with van der Waals surface area (Å²) >= 11 is 0. The molecule has 0 aliphatic rings. The highest BCUT2D eigenvalue weighted by molar-refractivity contribution is 5.82. The van der Waals surface area contributed by atoms with E-state index in [1.165, 1.54) is 12.1 Å². The molecular weight excluding hydrogens is 318 g/mol. The fourth-order valence-corrected chi connectivity index (χ4v) is 2.50. The van der Waals surface area contributed by atoms with Crippen molar-refractivity contribution in [1.29, 1.82) is 0 Å². The van der Waals surface area contributed by atoms with Crippen LogP contribution in [0.15, 0.2) is 65.8 Å². The van der Waals surface area contributed by atoms with Crippen LogP contribution < -0.4 is 4.74 Å². The van der Waals surface area contributed by atoms with Gasteiger partial charge in [-0.05, 0) is 49.4 Å². The van der Waals surface area contributed by atoms with Crippen LogP contribution in [0, 0.1) is 17.0 Å². The Morgan fingerprint density at radius 1 is 1.12 bits per heavy atom. The highest BCUT2D eigenvalue weighted by atomic mass is 16.6. The minimum absolute atomic E-state index is 0.0560. The van der Waals surface area contributed by atoms with E-state index in [4.69, 9.17) is 4.74 Å². The van der Waals surface area contributed by atoms with E-state index < -0.39 is 4.92 Å². The summed E-state index contributed by atoms with van der Waals surface area (Å²) in [6.45, 7) is 2.02. The highest BCUT2D eigenvalue weighted by Gasteiger charge is 2.05. The Morgan fingerprint density at radius 2 is 1.80 bits per heavy atom. The number of methoxy groups -OCH3 is 1. The van der Waals surface area contributed by atoms with Crippen LogP contribution in [0.4, 0.5) is 11.4 Å². The molecule has 6 heteroatoms. The number of aryl methyl sites for hydroxylation is 1. The van der Waals surface area contributed by atoms with Crippen LogP contribution in [-0.2, 0) is 0 Å². The summed E-state index contributed by atoms with van der Waals surface area (Å²) in [5.74, 6) is 0.813. The van der Waals surface area contributed by atoms with Crippen LogP contribution in [-0.4, -0.2) is 22.8 Å². The van der Waals surface area contributed by atoms with Gasteiger partial charge >= 0.3 is 0 Å². The van der Waals surface area contributed by atoms with E-state index in [0.29, 0.717) is 5.69 Å². The minimum Gasteiger partial charge on any atom is -0.497 e. The van der Waals surface area contributed by atoms with E-state index in [1.54, 1.807) is 25.5 Å². The molecule has 0 bridgehead atoms. The predicted octanol–water partition coefficient (Wildman–Crippen LogP) is 4.45. The molecule has 0 spiro atoms. The minimum atomic E-state index is -0.425. The SMILES string of the molecule is COc1ccc(-n2cc(C=Nc3ccc([N+](=O)[O-])cc3)cc2C)cc1. The highest BCUT2D eigenvalue weighted by Crippen LogP contribution is 2.20. The average molecular weight is 335 g/mol. The molecule has 2 aromatic carbocycles. The molecule has 3 aromatic rings. The van der Waals surface area contributed by atoms with Gasteiger partial charge in [0, 0.05) is 41.5 Å². The predicted molar refractivity (Wildman–Crippen MR) is 97.4 cm³/mol. The largest absolute Gasteiger partial charge is 0.497 e. The molecule has 25 heavy (non-hydrogen) atoms.